The van der Waals surface area contributed by atoms with Crippen molar-refractivity contribution in [1.82, 2.24) is 9.38 Å². The zero-order chi connectivity index (χ0) is 27.5. The second kappa shape index (κ2) is 10.5. The van der Waals surface area contributed by atoms with Gasteiger partial charge in [-0.2, -0.15) is 0 Å². The van der Waals surface area contributed by atoms with Crippen molar-refractivity contribution in [1.29, 1.82) is 0 Å². The van der Waals surface area contributed by atoms with Gasteiger partial charge in [0, 0.05) is 35.5 Å². The van der Waals surface area contributed by atoms with Crippen LogP contribution in [-0.2, 0) is 4.79 Å². The van der Waals surface area contributed by atoms with Crippen molar-refractivity contribution in [3.63, 3.8) is 0 Å². The average molecular weight is 513 g/mol. The number of nitrogens with zero attached hydrogens (tertiary/aromatic N) is 3. The number of non-ortho nitro benzene ring substituents is 1. The fraction of sp³-hybridized carbons (Fsp3) is 0.267. The Morgan fingerprint density at radius 2 is 1.71 bits per heavy atom. The van der Waals surface area contributed by atoms with Gasteiger partial charge in [-0.1, -0.05) is 26.8 Å². The lowest BCUT2D eigenvalue weighted by Crippen LogP contribution is -2.36. The molecule has 0 atom stereocenters. The molecule has 0 saturated carbocycles. The van der Waals surface area contributed by atoms with Gasteiger partial charge in [0.1, 0.15) is 22.9 Å². The number of fused-ring (bicyclic) bond motifs is 1. The number of rotatable bonds is 8. The Morgan fingerprint density at radius 3 is 2.34 bits per heavy atom. The van der Waals surface area contributed by atoms with Crippen molar-refractivity contribution in [3.8, 4) is 17.0 Å². The molecule has 0 aliphatic rings. The number of carbonyl (C=O) groups is 1. The Bertz CT molecular complexity index is 1480. The molecule has 0 fully saturated rings. The molecule has 0 unspecified atom stereocenters. The van der Waals surface area contributed by atoms with Crippen molar-refractivity contribution < 1.29 is 14.5 Å². The number of ether oxygens (including phenoxy) is 1. The lowest BCUT2D eigenvalue weighted by Gasteiger charge is -2.34. The number of pyridine rings is 1. The van der Waals surface area contributed by atoms with Gasteiger partial charge >= 0.3 is 5.97 Å². The van der Waals surface area contributed by atoms with Crippen LogP contribution < -0.4 is 10.1 Å². The number of aromatic nitrogens is 2. The summed E-state index contributed by atoms with van der Waals surface area (Å²) < 4.78 is 7.49. The summed E-state index contributed by atoms with van der Waals surface area (Å²) in [4.78, 5) is 27.5. The monoisotopic (exact) mass is 512 g/mol. The third kappa shape index (κ3) is 6.64. The van der Waals surface area contributed by atoms with Crippen LogP contribution >= 0.6 is 0 Å². The second-order valence-corrected chi connectivity index (χ2v) is 11.1. The third-order valence-corrected chi connectivity index (χ3v) is 5.82. The summed E-state index contributed by atoms with van der Waals surface area (Å²) >= 11 is 0. The van der Waals surface area contributed by atoms with Gasteiger partial charge < -0.3 is 10.1 Å². The fourth-order valence-electron chi connectivity index (χ4n) is 4.71. The largest absolute Gasteiger partial charge is 0.423 e. The van der Waals surface area contributed by atoms with Gasteiger partial charge in [-0.25, -0.2) is 9.78 Å². The first-order chi connectivity index (χ1) is 17.9. The van der Waals surface area contributed by atoms with Crippen molar-refractivity contribution >= 4 is 29.2 Å². The van der Waals surface area contributed by atoms with E-state index in [1.54, 1.807) is 30.3 Å². The maximum atomic E-state index is 12.3. The van der Waals surface area contributed by atoms with Gasteiger partial charge in [0.05, 0.1) is 4.92 Å². The summed E-state index contributed by atoms with van der Waals surface area (Å²) in [6.07, 6.45) is 5.79. The number of nitro benzene ring substituents is 1. The topological polar surface area (TPSA) is 98.8 Å². The summed E-state index contributed by atoms with van der Waals surface area (Å²) in [7, 11) is 0. The van der Waals surface area contributed by atoms with E-state index in [0.29, 0.717) is 11.3 Å². The standard InChI is InChI=1S/C30H32N4O4/c1-29(2,3)20-30(4,5)32-28-27(31-25-8-6-7-19-33(25)28)22-12-16-24(17-13-22)38-26(35)18-11-21-9-14-23(15-10-21)34(36)37/h6-19,32H,20H2,1-5H3. The SMILES string of the molecule is CC(C)(C)CC(C)(C)Nc1c(-c2ccc(OC(=O)C=Cc3ccc([N+](=O)[O-])cc3)cc2)nc2ccccn12. The third-order valence-electron chi connectivity index (χ3n) is 5.82. The zero-order valence-corrected chi connectivity index (χ0v) is 22.3. The molecule has 1 N–H and O–H groups in total. The minimum Gasteiger partial charge on any atom is -0.423 e. The van der Waals surface area contributed by atoms with E-state index in [9.17, 15) is 14.9 Å². The number of benzene rings is 2. The summed E-state index contributed by atoms with van der Waals surface area (Å²) in [5.74, 6) is 0.763. The highest BCUT2D eigenvalue weighted by molar-refractivity contribution is 5.89. The molecule has 2 aromatic carbocycles. The van der Waals surface area contributed by atoms with Gasteiger partial charge in [0.15, 0.2) is 0 Å². The quantitative estimate of drug-likeness (QED) is 0.0884. The molecule has 0 aliphatic heterocycles. The van der Waals surface area contributed by atoms with Crippen LogP contribution in [-0.4, -0.2) is 25.8 Å². The Morgan fingerprint density at radius 1 is 1.03 bits per heavy atom. The van der Waals surface area contributed by atoms with E-state index < -0.39 is 10.9 Å². The molecule has 4 aromatic rings. The van der Waals surface area contributed by atoms with E-state index in [4.69, 9.17) is 9.72 Å². The van der Waals surface area contributed by atoms with E-state index in [0.717, 1.165) is 29.1 Å². The number of anilines is 1. The lowest BCUT2D eigenvalue weighted by molar-refractivity contribution is -0.384. The predicted molar refractivity (Wildman–Crippen MR) is 150 cm³/mol. The summed E-state index contributed by atoms with van der Waals surface area (Å²) in [5, 5.41) is 14.5. The van der Waals surface area contributed by atoms with Crippen LogP contribution in [0.5, 0.6) is 5.75 Å². The van der Waals surface area contributed by atoms with Crippen LogP contribution in [0.3, 0.4) is 0 Å². The molecule has 4 rings (SSSR count). The maximum Gasteiger partial charge on any atom is 0.336 e. The minimum absolute atomic E-state index is 0.00783. The molecule has 0 radical (unpaired) electrons. The van der Waals surface area contributed by atoms with Crippen molar-refractivity contribution in [3.05, 3.63) is 94.7 Å². The summed E-state index contributed by atoms with van der Waals surface area (Å²) in [5.41, 5.74) is 3.16. The summed E-state index contributed by atoms with van der Waals surface area (Å²) in [6.45, 7) is 11.1. The van der Waals surface area contributed by atoms with E-state index in [2.05, 4.69) is 44.3 Å². The van der Waals surface area contributed by atoms with E-state index in [-0.39, 0.29) is 16.6 Å². The molecule has 0 saturated heterocycles. The van der Waals surface area contributed by atoms with Crippen LogP contribution in [0.15, 0.2) is 79.0 Å². The summed E-state index contributed by atoms with van der Waals surface area (Å²) in [6, 6.07) is 19.1. The highest BCUT2D eigenvalue weighted by Crippen LogP contribution is 2.35. The molecule has 2 aromatic heterocycles. The Labute approximate surface area is 222 Å². The van der Waals surface area contributed by atoms with Gasteiger partial charge in [0.2, 0.25) is 0 Å². The molecule has 2 heterocycles. The predicted octanol–water partition coefficient (Wildman–Crippen LogP) is 7.16. The van der Waals surface area contributed by atoms with E-state index in [1.165, 1.54) is 18.2 Å². The average Bonchev–Trinajstić information content (AvgIpc) is 3.19. The molecule has 0 aliphatic carbocycles. The van der Waals surface area contributed by atoms with Crippen LogP contribution in [0.25, 0.3) is 23.0 Å². The fourth-order valence-corrected chi connectivity index (χ4v) is 4.71. The number of hydrogen-bond acceptors (Lipinski definition) is 6. The number of carbonyl (C=O) groups excluding carboxylic acids is 1. The lowest BCUT2D eigenvalue weighted by atomic mass is 9.82. The smallest absolute Gasteiger partial charge is 0.336 e. The van der Waals surface area contributed by atoms with Gasteiger partial charge in [0.25, 0.3) is 5.69 Å². The van der Waals surface area contributed by atoms with Crippen molar-refractivity contribution in [2.24, 2.45) is 5.41 Å². The van der Waals surface area contributed by atoms with Crippen LogP contribution in [0.4, 0.5) is 11.5 Å². The normalized spacial score (nSPS) is 12.1. The number of hydrogen-bond donors (Lipinski definition) is 1. The molecule has 196 valence electrons. The Hall–Kier alpha value is -4.46. The molecule has 8 heteroatoms. The van der Waals surface area contributed by atoms with Gasteiger partial charge in [-0.3, -0.25) is 14.5 Å². The minimum atomic E-state index is -0.546. The van der Waals surface area contributed by atoms with E-state index >= 15 is 0 Å². The van der Waals surface area contributed by atoms with E-state index in [1.807, 2.05) is 36.5 Å². The van der Waals surface area contributed by atoms with Crippen LogP contribution in [0, 0.1) is 15.5 Å². The highest BCUT2D eigenvalue weighted by Gasteiger charge is 2.28. The van der Waals surface area contributed by atoms with Gasteiger partial charge in [-0.05, 0) is 85.9 Å². The molecule has 0 bridgehead atoms. The molecule has 8 nitrogen and oxygen atoms in total. The Balaban J connectivity index is 1.52. The number of nitro groups is 1. The zero-order valence-electron chi connectivity index (χ0n) is 22.3. The molecule has 0 amide bonds. The van der Waals surface area contributed by atoms with Gasteiger partial charge in [-0.15, -0.1) is 0 Å². The first-order valence-electron chi connectivity index (χ1n) is 12.4. The second-order valence-electron chi connectivity index (χ2n) is 11.1. The van der Waals surface area contributed by atoms with Crippen LogP contribution in [0.1, 0.15) is 46.6 Å². The molecule has 38 heavy (non-hydrogen) atoms. The van der Waals surface area contributed by atoms with Crippen molar-refractivity contribution in [2.75, 3.05) is 5.32 Å². The number of imidazole rings is 1. The molecular formula is C30H32N4O4. The first kappa shape index (κ1) is 26.6. The maximum absolute atomic E-state index is 12.3. The van der Waals surface area contributed by atoms with Crippen LogP contribution in [0.2, 0.25) is 0 Å². The Kier molecular flexibility index (Phi) is 7.35. The molecule has 0 spiro atoms. The first-order valence-corrected chi connectivity index (χ1v) is 12.4. The van der Waals surface area contributed by atoms with Crippen molar-refractivity contribution in [2.45, 2.75) is 46.6 Å². The highest BCUT2D eigenvalue weighted by atomic mass is 16.6. The number of nitrogens with one attached hydrogen (secondary N) is 1. The number of esters is 1. The molecular weight excluding hydrogens is 480 g/mol.